The second-order valence-corrected chi connectivity index (χ2v) is 5.59. The van der Waals surface area contributed by atoms with E-state index in [0.29, 0.717) is 6.42 Å². The highest BCUT2D eigenvalue weighted by molar-refractivity contribution is 5.81. The summed E-state index contributed by atoms with van der Waals surface area (Å²) in [5.41, 5.74) is 1.19. The average molecular weight is 290 g/mol. The zero-order valence-corrected chi connectivity index (χ0v) is 13.3. The van der Waals surface area contributed by atoms with Gasteiger partial charge in [-0.3, -0.25) is 4.79 Å². The number of benzene rings is 1. The summed E-state index contributed by atoms with van der Waals surface area (Å²) in [6.07, 6.45) is 0.321. The van der Waals surface area contributed by atoms with Crippen LogP contribution in [0.25, 0.3) is 0 Å². The molecule has 1 saturated heterocycles. The number of aryl methyl sites for hydroxylation is 1. The molecule has 1 atom stereocenters. The first-order valence-corrected chi connectivity index (χ1v) is 7.88. The minimum absolute atomic E-state index is 0.119. The van der Waals surface area contributed by atoms with E-state index in [1.807, 2.05) is 43.0 Å². The maximum Gasteiger partial charge on any atom is 0.263 e. The van der Waals surface area contributed by atoms with Crippen molar-refractivity contribution in [2.45, 2.75) is 33.3 Å². The quantitative estimate of drug-likeness (QED) is 0.834. The fraction of sp³-hybridized carbons (Fsp3) is 0.588. The molecule has 4 nitrogen and oxygen atoms in total. The van der Waals surface area contributed by atoms with Crippen molar-refractivity contribution in [3.8, 4) is 5.75 Å². The molecular formula is C17H26N2O2. The summed E-state index contributed by atoms with van der Waals surface area (Å²) >= 11 is 0. The molecule has 2 rings (SSSR count). The van der Waals surface area contributed by atoms with Gasteiger partial charge in [-0.2, -0.15) is 0 Å². The summed E-state index contributed by atoms with van der Waals surface area (Å²) in [4.78, 5) is 16.9. The molecule has 1 heterocycles. The smallest absolute Gasteiger partial charge is 0.263 e. The maximum atomic E-state index is 12.6. The summed E-state index contributed by atoms with van der Waals surface area (Å²) in [6.45, 7) is 10.8. The lowest BCUT2D eigenvalue weighted by Crippen LogP contribution is -2.52. The number of piperazine rings is 1. The summed E-state index contributed by atoms with van der Waals surface area (Å²) < 4.78 is 5.88. The van der Waals surface area contributed by atoms with Gasteiger partial charge in [-0.15, -0.1) is 0 Å². The maximum absolute atomic E-state index is 12.6. The number of ether oxygens (including phenoxy) is 1. The number of likely N-dealkylation sites (N-methyl/N-ethyl adjacent to an activating group) is 1. The molecule has 1 amide bonds. The second kappa shape index (κ2) is 7.46. The Kier molecular flexibility index (Phi) is 5.62. The van der Waals surface area contributed by atoms with Crippen LogP contribution < -0.4 is 4.74 Å². The first-order chi connectivity index (χ1) is 10.1. The van der Waals surface area contributed by atoms with Gasteiger partial charge in [0.15, 0.2) is 6.10 Å². The van der Waals surface area contributed by atoms with E-state index in [2.05, 4.69) is 11.8 Å². The van der Waals surface area contributed by atoms with E-state index >= 15 is 0 Å². The molecule has 0 unspecified atom stereocenters. The number of amides is 1. The topological polar surface area (TPSA) is 32.8 Å². The molecule has 0 radical (unpaired) electrons. The normalized spacial score (nSPS) is 17.6. The molecule has 0 saturated carbocycles. The Labute approximate surface area is 127 Å². The molecule has 0 N–H and O–H groups in total. The molecule has 0 aromatic heterocycles. The minimum Gasteiger partial charge on any atom is -0.481 e. The Morgan fingerprint density at radius 2 is 1.76 bits per heavy atom. The Morgan fingerprint density at radius 3 is 2.29 bits per heavy atom. The van der Waals surface area contributed by atoms with Crippen LogP contribution in [0.15, 0.2) is 24.3 Å². The van der Waals surface area contributed by atoms with E-state index in [1.165, 1.54) is 5.56 Å². The van der Waals surface area contributed by atoms with Crippen molar-refractivity contribution in [2.24, 2.45) is 0 Å². The number of rotatable bonds is 5. The first kappa shape index (κ1) is 15.8. The van der Waals surface area contributed by atoms with Crippen molar-refractivity contribution in [3.05, 3.63) is 29.8 Å². The zero-order chi connectivity index (χ0) is 15.2. The lowest BCUT2D eigenvalue weighted by atomic mass is 10.2. The van der Waals surface area contributed by atoms with Gasteiger partial charge in [0, 0.05) is 26.2 Å². The van der Waals surface area contributed by atoms with Crippen LogP contribution in [-0.2, 0) is 4.79 Å². The van der Waals surface area contributed by atoms with Crippen LogP contribution in [0, 0.1) is 6.92 Å². The fourth-order valence-electron chi connectivity index (χ4n) is 2.58. The van der Waals surface area contributed by atoms with Gasteiger partial charge in [0.25, 0.3) is 5.91 Å². The molecule has 1 aromatic carbocycles. The van der Waals surface area contributed by atoms with Crippen LogP contribution in [0.1, 0.15) is 25.8 Å². The number of hydrogen-bond donors (Lipinski definition) is 0. The lowest BCUT2D eigenvalue weighted by Gasteiger charge is -2.35. The molecule has 21 heavy (non-hydrogen) atoms. The van der Waals surface area contributed by atoms with Gasteiger partial charge in [0.05, 0.1) is 0 Å². The summed E-state index contributed by atoms with van der Waals surface area (Å²) in [5, 5.41) is 0. The number of hydrogen-bond acceptors (Lipinski definition) is 3. The molecule has 0 aliphatic carbocycles. The van der Waals surface area contributed by atoms with Crippen molar-refractivity contribution >= 4 is 5.91 Å². The monoisotopic (exact) mass is 290 g/mol. The molecule has 4 heteroatoms. The average Bonchev–Trinajstić information content (AvgIpc) is 2.54. The van der Waals surface area contributed by atoms with E-state index in [0.717, 1.165) is 38.5 Å². The van der Waals surface area contributed by atoms with Gasteiger partial charge >= 0.3 is 0 Å². The first-order valence-electron chi connectivity index (χ1n) is 7.88. The predicted molar refractivity (Wildman–Crippen MR) is 84.6 cm³/mol. The van der Waals surface area contributed by atoms with Gasteiger partial charge in [0.2, 0.25) is 0 Å². The van der Waals surface area contributed by atoms with Crippen molar-refractivity contribution in [3.63, 3.8) is 0 Å². The van der Waals surface area contributed by atoms with Gasteiger partial charge in [0.1, 0.15) is 5.75 Å². The molecular weight excluding hydrogens is 264 g/mol. The third kappa shape index (κ3) is 4.21. The Hall–Kier alpha value is -1.55. The summed E-state index contributed by atoms with van der Waals surface area (Å²) in [5.74, 6) is 0.891. The van der Waals surface area contributed by atoms with Crippen LogP contribution >= 0.6 is 0 Å². The van der Waals surface area contributed by atoms with E-state index in [4.69, 9.17) is 4.74 Å². The second-order valence-electron chi connectivity index (χ2n) is 5.59. The van der Waals surface area contributed by atoms with Crippen LogP contribution in [-0.4, -0.2) is 54.5 Å². The van der Waals surface area contributed by atoms with E-state index in [9.17, 15) is 4.79 Å². The summed E-state index contributed by atoms with van der Waals surface area (Å²) in [7, 11) is 0. The van der Waals surface area contributed by atoms with Gasteiger partial charge in [-0.1, -0.05) is 31.5 Å². The zero-order valence-electron chi connectivity index (χ0n) is 13.3. The Morgan fingerprint density at radius 1 is 1.14 bits per heavy atom. The van der Waals surface area contributed by atoms with Crippen molar-refractivity contribution in [2.75, 3.05) is 32.7 Å². The molecule has 116 valence electrons. The number of carbonyl (C=O) groups excluding carboxylic acids is 1. The molecule has 0 bridgehead atoms. The van der Waals surface area contributed by atoms with Crippen molar-refractivity contribution < 1.29 is 9.53 Å². The Bertz CT molecular complexity index is 450. The number of nitrogens with zero attached hydrogens (tertiary/aromatic N) is 2. The van der Waals surface area contributed by atoms with Gasteiger partial charge < -0.3 is 14.5 Å². The van der Waals surface area contributed by atoms with Crippen LogP contribution in [0.2, 0.25) is 0 Å². The minimum atomic E-state index is -0.374. The Balaban J connectivity index is 1.94. The highest BCUT2D eigenvalue weighted by Gasteiger charge is 2.27. The molecule has 1 aromatic rings. The SMILES string of the molecule is CC[C@H](Oc1ccc(C)cc1)C(=O)N1CCN(CC)CC1. The third-order valence-corrected chi connectivity index (χ3v) is 4.08. The highest BCUT2D eigenvalue weighted by atomic mass is 16.5. The molecule has 1 fully saturated rings. The van der Waals surface area contributed by atoms with Gasteiger partial charge in [-0.25, -0.2) is 0 Å². The molecule has 1 aliphatic rings. The standard InChI is InChI=1S/C17H26N2O2/c1-4-16(21-15-8-6-14(3)7-9-15)17(20)19-12-10-18(5-2)11-13-19/h6-9,16H,4-5,10-13H2,1-3H3/t16-/m0/s1. The molecule has 0 spiro atoms. The predicted octanol–water partition coefficient (Wildman–Crippen LogP) is 2.32. The van der Waals surface area contributed by atoms with Crippen LogP contribution in [0.5, 0.6) is 5.75 Å². The summed E-state index contributed by atoms with van der Waals surface area (Å²) in [6, 6.07) is 7.87. The van der Waals surface area contributed by atoms with Crippen molar-refractivity contribution in [1.82, 2.24) is 9.80 Å². The van der Waals surface area contributed by atoms with E-state index in [1.54, 1.807) is 0 Å². The van der Waals surface area contributed by atoms with E-state index in [-0.39, 0.29) is 12.0 Å². The largest absolute Gasteiger partial charge is 0.481 e. The third-order valence-electron chi connectivity index (χ3n) is 4.08. The van der Waals surface area contributed by atoms with Crippen LogP contribution in [0.4, 0.5) is 0 Å². The molecule has 1 aliphatic heterocycles. The number of carbonyl (C=O) groups is 1. The van der Waals surface area contributed by atoms with E-state index < -0.39 is 0 Å². The highest BCUT2D eigenvalue weighted by Crippen LogP contribution is 2.16. The lowest BCUT2D eigenvalue weighted by molar-refractivity contribution is -0.140. The van der Waals surface area contributed by atoms with Crippen LogP contribution in [0.3, 0.4) is 0 Å². The van der Waals surface area contributed by atoms with Crippen molar-refractivity contribution in [1.29, 1.82) is 0 Å². The fourth-order valence-corrected chi connectivity index (χ4v) is 2.58. The van der Waals surface area contributed by atoms with Gasteiger partial charge in [-0.05, 0) is 32.0 Å².